The van der Waals surface area contributed by atoms with Gasteiger partial charge in [0.15, 0.2) is 0 Å². The molecule has 0 fully saturated rings. The van der Waals surface area contributed by atoms with Gasteiger partial charge in [-0.15, -0.1) is 0 Å². The van der Waals surface area contributed by atoms with E-state index >= 15 is 0 Å². The van der Waals surface area contributed by atoms with Crippen LogP contribution in [0.4, 0.5) is 5.69 Å². The molecule has 0 heterocycles. The second-order valence-electron chi connectivity index (χ2n) is 5.48. The van der Waals surface area contributed by atoms with Crippen molar-refractivity contribution >= 4 is 21.7 Å². The van der Waals surface area contributed by atoms with Crippen molar-refractivity contribution in [1.29, 1.82) is 0 Å². The maximum absolute atomic E-state index is 13.1. The monoisotopic (exact) mass is 375 g/mol. The molecule has 7 heteroatoms. The van der Waals surface area contributed by atoms with Crippen LogP contribution in [-0.4, -0.2) is 32.6 Å². The Labute approximate surface area is 153 Å². The standard InChI is InChI=1S/C19H21NO5S/c1-2-14-25-17-9-6-8-16(15-17)20(13-7-12-19(21)22)26(23,24)18-10-4-3-5-11-18/h2-6,8-11,15H,1,7,12-14H2,(H,21,22). The Bertz CT molecular complexity index is 849. The SMILES string of the molecule is C=CCOc1cccc(N(CCCC(=O)O)S(=O)(=O)c2ccccc2)c1. The average Bonchev–Trinajstić information content (AvgIpc) is 2.64. The van der Waals surface area contributed by atoms with Gasteiger partial charge >= 0.3 is 5.97 Å². The van der Waals surface area contributed by atoms with Gasteiger partial charge in [0.2, 0.25) is 0 Å². The normalized spacial score (nSPS) is 10.9. The van der Waals surface area contributed by atoms with Crippen LogP contribution in [0.25, 0.3) is 0 Å². The van der Waals surface area contributed by atoms with E-state index < -0.39 is 16.0 Å². The van der Waals surface area contributed by atoms with Crippen molar-refractivity contribution in [1.82, 2.24) is 0 Å². The summed E-state index contributed by atoms with van der Waals surface area (Å²) in [7, 11) is -3.82. The molecule has 6 nitrogen and oxygen atoms in total. The molecule has 1 N–H and O–H groups in total. The number of anilines is 1. The first-order chi connectivity index (χ1) is 12.4. The van der Waals surface area contributed by atoms with Crippen LogP contribution in [-0.2, 0) is 14.8 Å². The molecular formula is C19H21NO5S. The van der Waals surface area contributed by atoms with Crippen LogP contribution in [0.5, 0.6) is 5.75 Å². The Morgan fingerprint density at radius 1 is 1.15 bits per heavy atom. The van der Waals surface area contributed by atoms with E-state index in [1.165, 1.54) is 16.4 Å². The van der Waals surface area contributed by atoms with Crippen molar-refractivity contribution in [3.63, 3.8) is 0 Å². The highest BCUT2D eigenvalue weighted by Gasteiger charge is 2.25. The number of rotatable bonds is 10. The summed E-state index contributed by atoms with van der Waals surface area (Å²) >= 11 is 0. The van der Waals surface area contributed by atoms with Gasteiger partial charge in [-0.3, -0.25) is 9.10 Å². The molecule has 0 unspecified atom stereocenters. The number of benzene rings is 2. The third-order valence-corrected chi connectivity index (χ3v) is 5.40. The van der Waals surface area contributed by atoms with Gasteiger partial charge < -0.3 is 9.84 Å². The molecule has 0 radical (unpaired) electrons. The Morgan fingerprint density at radius 2 is 1.88 bits per heavy atom. The minimum absolute atomic E-state index is 0.0500. The van der Waals surface area contributed by atoms with Gasteiger partial charge in [0.1, 0.15) is 12.4 Å². The van der Waals surface area contributed by atoms with Gasteiger partial charge in [0, 0.05) is 19.0 Å². The zero-order valence-corrected chi connectivity index (χ0v) is 15.1. The van der Waals surface area contributed by atoms with Crippen molar-refractivity contribution in [2.45, 2.75) is 17.7 Å². The van der Waals surface area contributed by atoms with Crippen LogP contribution >= 0.6 is 0 Å². The van der Waals surface area contributed by atoms with Crippen molar-refractivity contribution in [2.24, 2.45) is 0 Å². The Kier molecular flexibility index (Phi) is 6.80. The van der Waals surface area contributed by atoms with E-state index in [1.807, 2.05) is 0 Å². The number of carboxylic acid groups (broad SMARTS) is 1. The van der Waals surface area contributed by atoms with Crippen molar-refractivity contribution < 1.29 is 23.1 Å². The smallest absolute Gasteiger partial charge is 0.303 e. The van der Waals surface area contributed by atoms with Gasteiger partial charge in [-0.05, 0) is 30.7 Å². The van der Waals surface area contributed by atoms with E-state index in [1.54, 1.807) is 48.5 Å². The molecule has 26 heavy (non-hydrogen) atoms. The molecule has 2 rings (SSSR count). The predicted octanol–water partition coefficient (Wildman–Crippen LogP) is 3.31. The molecule has 2 aromatic rings. The quantitative estimate of drug-likeness (QED) is 0.644. The molecular weight excluding hydrogens is 354 g/mol. The highest BCUT2D eigenvalue weighted by atomic mass is 32.2. The van der Waals surface area contributed by atoms with Gasteiger partial charge in [-0.2, -0.15) is 0 Å². The Morgan fingerprint density at radius 3 is 2.54 bits per heavy atom. The summed E-state index contributed by atoms with van der Waals surface area (Å²) in [5.41, 5.74) is 0.417. The number of hydrogen-bond donors (Lipinski definition) is 1. The Balaban J connectivity index is 2.37. The number of sulfonamides is 1. The number of carboxylic acids is 1. The summed E-state index contributed by atoms with van der Waals surface area (Å²) in [6.45, 7) is 3.93. The summed E-state index contributed by atoms with van der Waals surface area (Å²) in [4.78, 5) is 11.0. The first kappa shape index (κ1) is 19.5. The number of hydrogen-bond acceptors (Lipinski definition) is 4. The van der Waals surface area contributed by atoms with E-state index in [9.17, 15) is 13.2 Å². The fraction of sp³-hybridized carbons (Fsp3) is 0.211. The second kappa shape index (κ2) is 9.05. The van der Waals surface area contributed by atoms with E-state index in [2.05, 4.69) is 6.58 Å². The topological polar surface area (TPSA) is 83.9 Å². The highest BCUT2D eigenvalue weighted by Crippen LogP contribution is 2.27. The molecule has 0 aliphatic heterocycles. The molecule has 0 saturated heterocycles. The third-order valence-electron chi connectivity index (χ3n) is 3.56. The predicted molar refractivity (Wildman–Crippen MR) is 100.0 cm³/mol. The largest absolute Gasteiger partial charge is 0.489 e. The minimum Gasteiger partial charge on any atom is -0.489 e. The fourth-order valence-electron chi connectivity index (χ4n) is 2.37. The van der Waals surface area contributed by atoms with Gasteiger partial charge in [-0.25, -0.2) is 8.42 Å². The summed E-state index contributed by atoms with van der Waals surface area (Å²) in [6.07, 6.45) is 1.67. The fourth-order valence-corrected chi connectivity index (χ4v) is 3.88. The van der Waals surface area contributed by atoms with E-state index in [-0.39, 0.29) is 24.3 Å². The third kappa shape index (κ3) is 5.10. The first-order valence-corrected chi connectivity index (χ1v) is 9.52. The molecule has 0 amide bonds. The van der Waals surface area contributed by atoms with Crippen molar-refractivity contribution in [3.05, 3.63) is 67.3 Å². The van der Waals surface area contributed by atoms with Crippen molar-refractivity contribution in [2.75, 3.05) is 17.5 Å². The van der Waals surface area contributed by atoms with Gasteiger partial charge in [-0.1, -0.05) is 36.9 Å². The summed E-state index contributed by atoms with van der Waals surface area (Å²) in [5.74, 6) is -0.459. The lowest BCUT2D eigenvalue weighted by Crippen LogP contribution is -2.32. The molecule has 0 bridgehead atoms. The maximum atomic E-state index is 13.1. The van der Waals surface area contributed by atoms with Crippen molar-refractivity contribution in [3.8, 4) is 5.75 Å². The highest BCUT2D eigenvalue weighted by molar-refractivity contribution is 7.92. The van der Waals surface area contributed by atoms with Crippen LogP contribution in [0.3, 0.4) is 0 Å². The summed E-state index contributed by atoms with van der Waals surface area (Å²) < 4.78 is 32.8. The lowest BCUT2D eigenvalue weighted by atomic mass is 10.2. The number of aliphatic carboxylic acids is 1. The summed E-state index contributed by atoms with van der Waals surface area (Å²) in [6, 6.07) is 14.7. The molecule has 0 aliphatic carbocycles. The molecule has 138 valence electrons. The van der Waals surface area contributed by atoms with Crippen LogP contribution in [0.1, 0.15) is 12.8 Å². The zero-order valence-electron chi connectivity index (χ0n) is 14.2. The van der Waals surface area contributed by atoms with E-state index in [4.69, 9.17) is 9.84 Å². The zero-order chi connectivity index (χ0) is 19.0. The van der Waals surface area contributed by atoms with Crippen LogP contribution in [0.2, 0.25) is 0 Å². The lowest BCUT2D eigenvalue weighted by Gasteiger charge is -2.25. The van der Waals surface area contributed by atoms with Crippen LogP contribution < -0.4 is 9.04 Å². The molecule has 0 aromatic heterocycles. The molecule has 0 aliphatic rings. The molecule has 0 spiro atoms. The molecule has 0 atom stereocenters. The number of ether oxygens (including phenoxy) is 1. The molecule has 2 aromatic carbocycles. The van der Waals surface area contributed by atoms with E-state index in [0.29, 0.717) is 18.0 Å². The second-order valence-corrected chi connectivity index (χ2v) is 7.35. The minimum atomic E-state index is -3.82. The van der Waals surface area contributed by atoms with Crippen LogP contribution in [0, 0.1) is 0 Å². The maximum Gasteiger partial charge on any atom is 0.303 e. The Hall–Kier alpha value is -2.80. The van der Waals surface area contributed by atoms with Gasteiger partial charge in [0.05, 0.1) is 10.6 Å². The molecule has 0 saturated carbocycles. The number of nitrogens with zero attached hydrogens (tertiary/aromatic N) is 1. The first-order valence-electron chi connectivity index (χ1n) is 8.08. The van der Waals surface area contributed by atoms with Crippen LogP contribution in [0.15, 0.2) is 72.1 Å². The van der Waals surface area contributed by atoms with Gasteiger partial charge in [0.25, 0.3) is 10.0 Å². The lowest BCUT2D eigenvalue weighted by molar-refractivity contribution is -0.137. The number of carbonyl (C=O) groups is 1. The summed E-state index contributed by atoms with van der Waals surface area (Å²) in [5, 5.41) is 8.86. The average molecular weight is 375 g/mol. The van der Waals surface area contributed by atoms with E-state index in [0.717, 1.165) is 0 Å².